The number of hydrogen-bond acceptors (Lipinski definition) is 3. The standard InChI is InChI=1S/C60H41N5/c1-60(2)49-28-17-31-54(55(49)45-26-16-27-46(56(45)60)59-62-57(38-18-6-3-7-19-38)61-58(63-59)39-20-8-4-9-21-39)65-51-30-15-13-25-44(51)48-37-41(33-35-53(48)65)40-32-34-52-47(36-40)43-24-12-14-29-50(43)64(52)42-22-10-5-11-23-42/h3-37H,1-2H3. The summed E-state index contributed by atoms with van der Waals surface area (Å²) in [6.45, 7) is 4.68. The van der Waals surface area contributed by atoms with Crippen LogP contribution in [0.15, 0.2) is 212 Å². The molecule has 5 heteroatoms. The van der Waals surface area contributed by atoms with E-state index < -0.39 is 0 Å². The van der Waals surface area contributed by atoms with Crippen molar-refractivity contribution in [2.24, 2.45) is 0 Å². The monoisotopic (exact) mass is 831 g/mol. The molecule has 13 rings (SSSR count). The average Bonchev–Trinajstić information content (AvgIpc) is 3.97. The Kier molecular flexibility index (Phi) is 8.18. The first-order chi connectivity index (χ1) is 32.0. The predicted molar refractivity (Wildman–Crippen MR) is 268 cm³/mol. The Balaban J connectivity index is 0.982. The number of para-hydroxylation sites is 3. The Morgan fingerprint density at radius 3 is 1.45 bits per heavy atom. The Morgan fingerprint density at radius 1 is 0.354 bits per heavy atom. The molecule has 3 aromatic heterocycles. The summed E-state index contributed by atoms with van der Waals surface area (Å²) in [7, 11) is 0. The van der Waals surface area contributed by atoms with Crippen LogP contribution in [0.2, 0.25) is 0 Å². The van der Waals surface area contributed by atoms with E-state index in [1.165, 1.54) is 77.0 Å². The number of benzene rings is 9. The van der Waals surface area contributed by atoms with Crippen LogP contribution in [0.3, 0.4) is 0 Å². The molecule has 0 bridgehead atoms. The topological polar surface area (TPSA) is 48.5 Å². The molecule has 1 aliphatic rings. The minimum atomic E-state index is -0.349. The molecule has 0 saturated carbocycles. The van der Waals surface area contributed by atoms with Crippen molar-refractivity contribution in [1.29, 1.82) is 0 Å². The van der Waals surface area contributed by atoms with Gasteiger partial charge in [0, 0.05) is 54.9 Å². The van der Waals surface area contributed by atoms with Gasteiger partial charge >= 0.3 is 0 Å². The van der Waals surface area contributed by atoms with Gasteiger partial charge in [-0.05, 0) is 82.4 Å². The molecule has 1 aliphatic carbocycles. The largest absolute Gasteiger partial charge is 0.309 e. The van der Waals surface area contributed by atoms with Gasteiger partial charge in [0.2, 0.25) is 0 Å². The normalized spacial score (nSPS) is 12.9. The van der Waals surface area contributed by atoms with Crippen molar-refractivity contribution >= 4 is 43.6 Å². The van der Waals surface area contributed by atoms with Crippen LogP contribution in [0.1, 0.15) is 25.0 Å². The maximum absolute atomic E-state index is 5.21. The lowest BCUT2D eigenvalue weighted by atomic mass is 9.80. The lowest BCUT2D eigenvalue weighted by Gasteiger charge is -2.24. The number of hydrogen-bond donors (Lipinski definition) is 0. The number of aromatic nitrogens is 5. The minimum Gasteiger partial charge on any atom is -0.309 e. The first kappa shape index (κ1) is 37.2. The summed E-state index contributed by atoms with van der Waals surface area (Å²) in [6, 6.07) is 76.0. The Bertz CT molecular complexity index is 3790. The molecule has 0 aliphatic heterocycles. The lowest BCUT2D eigenvalue weighted by molar-refractivity contribution is 0.661. The number of rotatable bonds is 6. The van der Waals surface area contributed by atoms with Gasteiger partial charge in [-0.3, -0.25) is 0 Å². The smallest absolute Gasteiger partial charge is 0.164 e. The third kappa shape index (κ3) is 5.68. The van der Waals surface area contributed by atoms with Crippen LogP contribution >= 0.6 is 0 Å². The van der Waals surface area contributed by atoms with E-state index in [9.17, 15) is 0 Å². The molecule has 0 N–H and O–H groups in total. The second-order valence-corrected chi connectivity index (χ2v) is 17.6. The summed E-state index contributed by atoms with van der Waals surface area (Å²) in [5.74, 6) is 1.98. The van der Waals surface area contributed by atoms with E-state index in [-0.39, 0.29) is 5.41 Å². The zero-order valence-corrected chi connectivity index (χ0v) is 35.9. The van der Waals surface area contributed by atoms with Gasteiger partial charge in [-0.25, -0.2) is 15.0 Å². The highest BCUT2D eigenvalue weighted by Gasteiger charge is 2.40. The maximum Gasteiger partial charge on any atom is 0.164 e. The molecule has 0 amide bonds. The van der Waals surface area contributed by atoms with Gasteiger partial charge in [-0.15, -0.1) is 0 Å². The van der Waals surface area contributed by atoms with Crippen molar-refractivity contribution < 1.29 is 0 Å². The number of nitrogens with zero attached hydrogens (tertiary/aromatic N) is 5. The molecule has 12 aromatic rings. The van der Waals surface area contributed by atoms with Gasteiger partial charge in [-0.1, -0.05) is 172 Å². The predicted octanol–water partition coefficient (Wildman–Crippen LogP) is 15.0. The van der Waals surface area contributed by atoms with Crippen LogP contribution in [-0.2, 0) is 5.41 Å². The molecule has 0 saturated heterocycles. The highest BCUT2D eigenvalue weighted by molar-refractivity contribution is 6.13. The molecule has 0 unspecified atom stereocenters. The fourth-order valence-electron chi connectivity index (χ4n) is 10.6. The van der Waals surface area contributed by atoms with Gasteiger partial charge < -0.3 is 9.13 Å². The van der Waals surface area contributed by atoms with Crippen molar-refractivity contribution in [2.75, 3.05) is 0 Å². The van der Waals surface area contributed by atoms with Crippen molar-refractivity contribution in [3.8, 4) is 67.8 Å². The van der Waals surface area contributed by atoms with E-state index in [2.05, 4.69) is 199 Å². The zero-order chi connectivity index (χ0) is 43.2. The Labute approximate surface area is 376 Å². The van der Waals surface area contributed by atoms with Crippen molar-refractivity contribution in [3.05, 3.63) is 223 Å². The van der Waals surface area contributed by atoms with Crippen LogP contribution in [0.4, 0.5) is 0 Å². The van der Waals surface area contributed by atoms with Crippen molar-refractivity contribution in [2.45, 2.75) is 19.3 Å². The Morgan fingerprint density at radius 2 is 0.831 bits per heavy atom. The fourth-order valence-corrected chi connectivity index (χ4v) is 10.6. The molecule has 306 valence electrons. The van der Waals surface area contributed by atoms with Gasteiger partial charge in [0.05, 0.1) is 27.8 Å². The second kappa shape index (κ2) is 14.3. The van der Waals surface area contributed by atoms with E-state index in [0.29, 0.717) is 17.5 Å². The first-order valence-corrected chi connectivity index (χ1v) is 22.3. The molecule has 3 heterocycles. The molecule has 0 fully saturated rings. The van der Waals surface area contributed by atoms with Crippen LogP contribution in [0.5, 0.6) is 0 Å². The second-order valence-electron chi connectivity index (χ2n) is 17.6. The molecular weight excluding hydrogens is 791 g/mol. The first-order valence-electron chi connectivity index (χ1n) is 22.3. The quantitative estimate of drug-likeness (QED) is 0.168. The molecule has 0 atom stereocenters. The van der Waals surface area contributed by atoms with Crippen LogP contribution in [0, 0.1) is 0 Å². The summed E-state index contributed by atoms with van der Waals surface area (Å²) in [5, 5.41) is 4.94. The van der Waals surface area contributed by atoms with E-state index >= 15 is 0 Å². The summed E-state index contributed by atoms with van der Waals surface area (Å²) in [5.41, 5.74) is 17.0. The molecule has 0 radical (unpaired) electrons. The summed E-state index contributed by atoms with van der Waals surface area (Å²) in [4.78, 5) is 15.4. The van der Waals surface area contributed by atoms with Gasteiger partial charge in [-0.2, -0.15) is 0 Å². The van der Waals surface area contributed by atoms with Gasteiger partial charge in [0.25, 0.3) is 0 Å². The summed E-state index contributed by atoms with van der Waals surface area (Å²) in [6.07, 6.45) is 0. The zero-order valence-electron chi connectivity index (χ0n) is 35.9. The highest BCUT2D eigenvalue weighted by atomic mass is 15.0. The highest BCUT2D eigenvalue weighted by Crippen LogP contribution is 2.54. The summed E-state index contributed by atoms with van der Waals surface area (Å²) >= 11 is 0. The van der Waals surface area contributed by atoms with E-state index in [4.69, 9.17) is 15.0 Å². The van der Waals surface area contributed by atoms with Crippen LogP contribution in [-0.4, -0.2) is 24.1 Å². The molecule has 0 spiro atoms. The minimum absolute atomic E-state index is 0.349. The van der Waals surface area contributed by atoms with Gasteiger partial charge in [0.15, 0.2) is 17.5 Å². The molecule has 5 nitrogen and oxygen atoms in total. The SMILES string of the molecule is CC1(C)c2cccc(-n3c4ccccc4c4cc(-c5ccc6c(c5)c5ccccc5n6-c5ccccc5)ccc43)c2-c2cccc(-c3nc(-c4ccccc4)nc(-c4ccccc4)n3)c21. The fraction of sp³-hybridized carbons (Fsp3) is 0.0500. The lowest BCUT2D eigenvalue weighted by Crippen LogP contribution is -2.17. The maximum atomic E-state index is 5.21. The van der Waals surface area contributed by atoms with Crippen LogP contribution in [0.25, 0.3) is 111 Å². The van der Waals surface area contributed by atoms with Crippen molar-refractivity contribution in [3.63, 3.8) is 0 Å². The third-order valence-corrected chi connectivity index (χ3v) is 13.5. The van der Waals surface area contributed by atoms with E-state index in [1.54, 1.807) is 0 Å². The third-order valence-electron chi connectivity index (χ3n) is 13.5. The molecule has 9 aromatic carbocycles. The van der Waals surface area contributed by atoms with E-state index in [0.717, 1.165) is 28.1 Å². The molecule has 65 heavy (non-hydrogen) atoms. The van der Waals surface area contributed by atoms with Crippen LogP contribution < -0.4 is 0 Å². The number of fused-ring (bicyclic) bond motifs is 9. The van der Waals surface area contributed by atoms with Crippen molar-refractivity contribution in [1.82, 2.24) is 24.1 Å². The Hall–Kier alpha value is -8.41. The van der Waals surface area contributed by atoms with Gasteiger partial charge in [0.1, 0.15) is 0 Å². The average molecular weight is 832 g/mol. The van der Waals surface area contributed by atoms with E-state index in [1.807, 2.05) is 36.4 Å². The summed E-state index contributed by atoms with van der Waals surface area (Å²) < 4.78 is 4.85. The molecular formula is C60H41N5.